The van der Waals surface area contributed by atoms with Crippen molar-refractivity contribution in [2.45, 2.75) is 50.2 Å². The number of ether oxygens (including phenoxy) is 1. The van der Waals surface area contributed by atoms with Gasteiger partial charge in [-0.1, -0.05) is 12.8 Å². The van der Waals surface area contributed by atoms with Crippen LogP contribution < -0.4 is 10.6 Å². The molecule has 1 aliphatic carbocycles. The standard InChI is InChI=1S/C11H20N2O3/c14-11(15)13-10-7-16-6-5-9(10)12-8-3-1-2-4-8/h8-10,12-13H,1-7H2,(H,14,15)/t9-,10-/m1/s1. The summed E-state index contributed by atoms with van der Waals surface area (Å²) in [5.74, 6) is 0. The van der Waals surface area contributed by atoms with Gasteiger partial charge in [0.1, 0.15) is 0 Å². The summed E-state index contributed by atoms with van der Waals surface area (Å²) in [5, 5.41) is 14.9. The fraction of sp³-hybridized carbons (Fsp3) is 0.909. The van der Waals surface area contributed by atoms with E-state index in [0.717, 1.165) is 13.0 Å². The summed E-state index contributed by atoms with van der Waals surface area (Å²) < 4.78 is 5.31. The van der Waals surface area contributed by atoms with Crippen LogP contribution in [0.1, 0.15) is 32.1 Å². The van der Waals surface area contributed by atoms with Gasteiger partial charge in [-0.2, -0.15) is 0 Å². The Morgan fingerprint density at radius 2 is 1.94 bits per heavy atom. The zero-order valence-electron chi connectivity index (χ0n) is 9.45. The Bertz CT molecular complexity index is 241. The molecule has 2 rings (SSSR count). The number of carboxylic acid groups (broad SMARTS) is 1. The molecule has 0 aromatic heterocycles. The highest BCUT2D eigenvalue weighted by molar-refractivity contribution is 5.65. The van der Waals surface area contributed by atoms with E-state index >= 15 is 0 Å². The Hall–Kier alpha value is -0.810. The highest BCUT2D eigenvalue weighted by Gasteiger charge is 2.29. The lowest BCUT2D eigenvalue weighted by Crippen LogP contribution is -2.56. The van der Waals surface area contributed by atoms with Crippen LogP contribution in [0.5, 0.6) is 0 Å². The van der Waals surface area contributed by atoms with Crippen LogP contribution in [0.15, 0.2) is 0 Å². The minimum absolute atomic E-state index is 0.105. The Labute approximate surface area is 95.5 Å². The van der Waals surface area contributed by atoms with Crippen molar-refractivity contribution in [2.75, 3.05) is 13.2 Å². The summed E-state index contributed by atoms with van der Waals surface area (Å²) in [5.41, 5.74) is 0. The molecular formula is C11H20N2O3. The molecule has 0 aromatic carbocycles. The predicted octanol–water partition coefficient (Wildman–Crippen LogP) is 0.944. The van der Waals surface area contributed by atoms with E-state index in [1.807, 2.05) is 0 Å². The second-order valence-electron chi connectivity index (χ2n) is 4.67. The monoisotopic (exact) mass is 228 g/mol. The number of rotatable bonds is 3. The molecule has 2 aliphatic rings. The normalized spacial score (nSPS) is 31.5. The molecule has 1 amide bonds. The largest absolute Gasteiger partial charge is 0.465 e. The van der Waals surface area contributed by atoms with E-state index in [1.165, 1.54) is 25.7 Å². The molecule has 5 nitrogen and oxygen atoms in total. The van der Waals surface area contributed by atoms with Gasteiger partial charge in [0, 0.05) is 18.7 Å². The van der Waals surface area contributed by atoms with E-state index < -0.39 is 6.09 Å². The first-order valence-electron chi connectivity index (χ1n) is 6.09. The summed E-state index contributed by atoms with van der Waals surface area (Å²) in [6, 6.07) is 0.695. The SMILES string of the molecule is O=C(O)N[C@@H]1COCC[C@H]1NC1CCCC1. The molecule has 5 heteroatoms. The summed E-state index contributed by atoms with van der Waals surface area (Å²) in [6.07, 6.45) is 4.94. The first-order valence-corrected chi connectivity index (χ1v) is 6.09. The van der Waals surface area contributed by atoms with E-state index in [2.05, 4.69) is 10.6 Å². The third-order valence-electron chi connectivity index (χ3n) is 3.47. The van der Waals surface area contributed by atoms with Gasteiger partial charge in [-0.3, -0.25) is 0 Å². The number of amides is 1. The summed E-state index contributed by atoms with van der Waals surface area (Å²) >= 11 is 0. The van der Waals surface area contributed by atoms with Gasteiger partial charge < -0.3 is 20.5 Å². The maximum atomic E-state index is 10.7. The van der Waals surface area contributed by atoms with Crippen LogP contribution in [0.4, 0.5) is 4.79 Å². The quantitative estimate of drug-likeness (QED) is 0.672. The van der Waals surface area contributed by atoms with E-state index in [9.17, 15) is 4.79 Å². The van der Waals surface area contributed by atoms with Gasteiger partial charge in [-0.25, -0.2) is 4.79 Å². The highest BCUT2D eigenvalue weighted by Crippen LogP contribution is 2.20. The Morgan fingerprint density at radius 3 is 2.62 bits per heavy atom. The number of hydrogen-bond donors (Lipinski definition) is 3. The molecule has 0 bridgehead atoms. The van der Waals surface area contributed by atoms with Crippen molar-refractivity contribution in [3.05, 3.63) is 0 Å². The van der Waals surface area contributed by atoms with Gasteiger partial charge in [0.25, 0.3) is 0 Å². The highest BCUT2D eigenvalue weighted by atomic mass is 16.5. The van der Waals surface area contributed by atoms with E-state index in [-0.39, 0.29) is 12.1 Å². The molecule has 0 spiro atoms. The molecule has 92 valence electrons. The van der Waals surface area contributed by atoms with Crippen molar-refractivity contribution < 1.29 is 14.6 Å². The molecule has 1 saturated carbocycles. The van der Waals surface area contributed by atoms with Gasteiger partial charge in [0.15, 0.2) is 0 Å². The Kier molecular flexibility index (Phi) is 4.01. The van der Waals surface area contributed by atoms with E-state index in [0.29, 0.717) is 12.6 Å². The summed E-state index contributed by atoms with van der Waals surface area (Å²) in [7, 11) is 0. The first-order chi connectivity index (χ1) is 7.75. The molecule has 1 aliphatic heterocycles. The van der Waals surface area contributed by atoms with Gasteiger partial charge in [0.05, 0.1) is 12.6 Å². The third kappa shape index (κ3) is 3.09. The van der Waals surface area contributed by atoms with Crippen LogP contribution >= 0.6 is 0 Å². The van der Waals surface area contributed by atoms with Crippen LogP contribution in [-0.4, -0.2) is 42.5 Å². The zero-order valence-corrected chi connectivity index (χ0v) is 9.45. The molecule has 1 saturated heterocycles. The molecule has 0 aromatic rings. The van der Waals surface area contributed by atoms with Crippen LogP contribution in [0.2, 0.25) is 0 Å². The average Bonchev–Trinajstić information content (AvgIpc) is 2.73. The molecule has 2 fully saturated rings. The van der Waals surface area contributed by atoms with Crippen molar-refractivity contribution in [3.63, 3.8) is 0 Å². The third-order valence-corrected chi connectivity index (χ3v) is 3.47. The van der Waals surface area contributed by atoms with Crippen LogP contribution in [0.25, 0.3) is 0 Å². The number of carbonyl (C=O) groups is 1. The average molecular weight is 228 g/mol. The summed E-state index contributed by atoms with van der Waals surface area (Å²) in [6.45, 7) is 1.21. The Balaban J connectivity index is 1.85. The fourth-order valence-electron chi connectivity index (χ4n) is 2.63. The molecular weight excluding hydrogens is 208 g/mol. The second-order valence-corrected chi connectivity index (χ2v) is 4.67. The fourth-order valence-corrected chi connectivity index (χ4v) is 2.63. The van der Waals surface area contributed by atoms with Crippen molar-refractivity contribution in [1.82, 2.24) is 10.6 Å². The van der Waals surface area contributed by atoms with Crippen molar-refractivity contribution in [3.8, 4) is 0 Å². The van der Waals surface area contributed by atoms with E-state index in [4.69, 9.17) is 9.84 Å². The lowest BCUT2D eigenvalue weighted by atomic mass is 10.0. The topological polar surface area (TPSA) is 70.6 Å². The maximum absolute atomic E-state index is 10.7. The Morgan fingerprint density at radius 1 is 1.19 bits per heavy atom. The number of nitrogens with one attached hydrogen (secondary N) is 2. The van der Waals surface area contributed by atoms with Gasteiger partial charge in [0.2, 0.25) is 0 Å². The van der Waals surface area contributed by atoms with E-state index in [1.54, 1.807) is 0 Å². The van der Waals surface area contributed by atoms with Crippen molar-refractivity contribution in [1.29, 1.82) is 0 Å². The maximum Gasteiger partial charge on any atom is 0.405 e. The molecule has 0 radical (unpaired) electrons. The van der Waals surface area contributed by atoms with Crippen molar-refractivity contribution in [2.24, 2.45) is 0 Å². The van der Waals surface area contributed by atoms with Gasteiger partial charge in [-0.05, 0) is 19.3 Å². The minimum Gasteiger partial charge on any atom is -0.465 e. The molecule has 1 heterocycles. The molecule has 0 unspecified atom stereocenters. The van der Waals surface area contributed by atoms with Crippen LogP contribution in [0.3, 0.4) is 0 Å². The number of hydrogen-bond acceptors (Lipinski definition) is 3. The molecule has 3 N–H and O–H groups in total. The van der Waals surface area contributed by atoms with Crippen molar-refractivity contribution >= 4 is 6.09 Å². The molecule has 2 atom stereocenters. The second kappa shape index (κ2) is 5.50. The lowest BCUT2D eigenvalue weighted by Gasteiger charge is -2.34. The van der Waals surface area contributed by atoms with Crippen LogP contribution in [0, 0.1) is 0 Å². The summed E-state index contributed by atoms with van der Waals surface area (Å²) in [4.78, 5) is 10.7. The predicted molar refractivity (Wildman–Crippen MR) is 59.6 cm³/mol. The first kappa shape index (κ1) is 11.7. The molecule has 16 heavy (non-hydrogen) atoms. The zero-order chi connectivity index (χ0) is 11.4. The smallest absolute Gasteiger partial charge is 0.405 e. The van der Waals surface area contributed by atoms with Gasteiger partial charge >= 0.3 is 6.09 Å². The van der Waals surface area contributed by atoms with Gasteiger partial charge in [-0.15, -0.1) is 0 Å². The minimum atomic E-state index is -0.964. The lowest BCUT2D eigenvalue weighted by molar-refractivity contribution is 0.0465. The van der Waals surface area contributed by atoms with Crippen LogP contribution in [-0.2, 0) is 4.74 Å².